The third kappa shape index (κ3) is 3.85. The Bertz CT molecular complexity index is 654. The highest BCUT2D eigenvalue weighted by atomic mass is 35.5. The van der Waals surface area contributed by atoms with E-state index in [1.807, 2.05) is 0 Å². The molecule has 2 aromatic carbocycles. The Morgan fingerprint density at radius 3 is 2.24 bits per heavy atom. The van der Waals surface area contributed by atoms with E-state index < -0.39 is 23.4 Å². The predicted octanol–water partition coefficient (Wildman–Crippen LogP) is 5.25. The molecule has 1 N–H and O–H groups in total. The van der Waals surface area contributed by atoms with Crippen molar-refractivity contribution in [3.05, 3.63) is 64.2 Å². The van der Waals surface area contributed by atoms with Crippen LogP contribution in [0.4, 0.5) is 27.6 Å². The van der Waals surface area contributed by atoms with E-state index in [-0.39, 0.29) is 17.3 Å². The largest absolute Gasteiger partial charge is 0.419 e. The van der Waals surface area contributed by atoms with E-state index in [0.717, 1.165) is 12.1 Å². The Kier molecular flexibility index (Phi) is 4.37. The van der Waals surface area contributed by atoms with Crippen molar-refractivity contribution in [3.63, 3.8) is 0 Å². The molecule has 0 aliphatic carbocycles. The molecule has 0 saturated carbocycles. The lowest BCUT2D eigenvalue weighted by Gasteiger charge is -2.12. The molecule has 0 atom stereocenters. The summed E-state index contributed by atoms with van der Waals surface area (Å²) >= 11 is 5.60. The summed E-state index contributed by atoms with van der Waals surface area (Å²) in [5.41, 5.74) is -0.659. The first-order valence-electron chi connectivity index (χ1n) is 5.82. The fraction of sp³-hybridized carbons (Fsp3) is 0.143. The maximum Gasteiger partial charge on any atom is 0.419 e. The van der Waals surface area contributed by atoms with Crippen molar-refractivity contribution in [1.82, 2.24) is 0 Å². The summed E-state index contributed by atoms with van der Waals surface area (Å²) in [6, 6.07) is 6.57. The Labute approximate surface area is 122 Å². The highest BCUT2D eigenvalue weighted by molar-refractivity contribution is 6.30. The zero-order valence-electron chi connectivity index (χ0n) is 10.4. The van der Waals surface area contributed by atoms with Crippen LogP contribution in [0.1, 0.15) is 11.1 Å². The minimum atomic E-state index is -4.76. The lowest BCUT2D eigenvalue weighted by Crippen LogP contribution is -2.09. The number of nitrogens with one attached hydrogen (secondary N) is 1. The van der Waals surface area contributed by atoms with Crippen LogP contribution in [-0.4, -0.2) is 0 Å². The first kappa shape index (κ1) is 15.6. The normalized spacial score (nSPS) is 11.5. The second kappa shape index (κ2) is 5.89. The average Bonchev–Trinajstić information content (AvgIpc) is 2.40. The predicted molar refractivity (Wildman–Crippen MR) is 70.1 cm³/mol. The number of hydrogen-bond donors (Lipinski definition) is 1. The van der Waals surface area contributed by atoms with Gasteiger partial charge in [-0.3, -0.25) is 0 Å². The van der Waals surface area contributed by atoms with Gasteiger partial charge in [-0.2, -0.15) is 13.2 Å². The van der Waals surface area contributed by atoms with E-state index in [1.165, 1.54) is 18.2 Å². The van der Waals surface area contributed by atoms with Crippen LogP contribution in [0, 0.1) is 11.6 Å². The van der Waals surface area contributed by atoms with Gasteiger partial charge in [0.15, 0.2) is 0 Å². The van der Waals surface area contributed by atoms with Crippen LogP contribution in [0.25, 0.3) is 0 Å². The molecule has 0 heterocycles. The number of anilines is 1. The van der Waals surface area contributed by atoms with Gasteiger partial charge in [0.25, 0.3) is 0 Å². The van der Waals surface area contributed by atoms with Gasteiger partial charge in [0.1, 0.15) is 11.6 Å². The van der Waals surface area contributed by atoms with E-state index in [9.17, 15) is 22.0 Å². The number of rotatable bonds is 3. The third-order valence-corrected chi connectivity index (χ3v) is 3.04. The lowest BCUT2D eigenvalue weighted by molar-refractivity contribution is -0.139. The highest BCUT2D eigenvalue weighted by Crippen LogP contribution is 2.33. The fourth-order valence-corrected chi connectivity index (χ4v) is 1.91. The van der Waals surface area contributed by atoms with E-state index in [1.54, 1.807) is 0 Å². The summed E-state index contributed by atoms with van der Waals surface area (Å²) in [4.78, 5) is 0. The maximum atomic E-state index is 13.1. The molecule has 7 heteroatoms. The second-order valence-corrected chi connectivity index (χ2v) is 4.70. The Hall–Kier alpha value is -1.82. The van der Waals surface area contributed by atoms with Crippen LogP contribution in [0.15, 0.2) is 36.4 Å². The molecule has 0 radical (unpaired) electrons. The molecule has 0 fully saturated rings. The zero-order chi connectivity index (χ0) is 15.6. The maximum absolute atomic E-state index is 13.1. The van der Waals surface area contributed by atoms with Crippen LogP contribution < -0.4 is 5.32 Å². The molecule has 1 nitrogen and oxygen atoms in total. The van der Waals surface area contributed by atoms with Gasteiger partial charge >= 0.3 is 6.18 Å². The smallest absolute Gasteiger partial charge is 0.381 e. The van der Waals surface area contributed by atoms with Crippen molar-refractivity contribution >= 4 is 17.3 Å². The van der Waals surface area contributed by atoms with E-state index >= 15 is 0 Å². The van der Waals surface area contributed by atoms with Gasteiger partial charge in [0.05, 0.1) is 10.6 Å². The van der Waals surface area contributed by atoms with Gasteiger partial charge in [-0.05, 0) is 35.9 Å². The van der Waals surface area contributed by atoms with Crippen LogP contribution in [-0.2, 0) is 12.7 Å². The standard InChI is InChI=1S/C14H9ClF5N/c15-11-5-8(1-3-13(11)17)7-21-9-2-4-12(16)10(6-9)14(18,19)20/h1-6,21H,7H2. The average molecular weight is 322 g/mol. The van der Waals surface area contributed by atoms with Gasteiger partial charge < -0.3 is 5.32 Å². The van der Waals surface area contributed by atoms with Crippen LogP contribution in [0.2, 0.25) is 5.02 Å². The van der Waals surface area contributed by atoms with Crippen molar-refractivity contribution < 1.29 is 22.0 Å². The quantitative estimate of drug-likeness (QED) is 0.761. The molecule has 0 unspecified atom stereocenters. The molecule has 2 rings (SSSR count). The van der Waals surface area contributed by atoms with Crippen LogP contribution >= 0.6 is 11.6 Å². The molecule has 2 aromatic rings. The lowest BCUT2D eigenvalue weighted by atomic mass is 10.1. The Morgan fingerprint density at radius 1 is 0.952 bits per heavy atom. The number of benzene rings is 2. The van der Waals surface area contributed by atoms with E-state index in [0.29, 0.717) is 11.6 Å². The summed E-state index contributed by atoms with van der Waals surface area (Å²) in [7, 11) is 0. The minimum Gasteiger partial charge on any atom is -0.381 e. The molecule has 21 heavy (non-hydrogen) atoms. The van der Waals surface area contributed by atoms with E-state index in [4.69, 9.17) is 11.6 Å². The summed E-state index contributed by atoms with van der Waals surface area (Å²) in [6.07, 6.45) is -4.76. The van der Waals surface area contributed by atoms with Gasteiger partial charge in [-0.1, -0.05) is 17.7 Å². The summed E-state index contributed by atoms with van der Waals surface area (Å²) in [5, 5.41) is 2.62. The van der Waals surface area contributed by atoms with Crippen molar-refractivity contribution in [2.24, 2.45) is 0 Å². The topological polar surface area (TPSA) is 12.0 Å². The van der Waals surface area contributed by atoms with E-state index in [2.05, 4.69) is 5.32 Å². The SMILES string of the molecule is Fc1ccc(CNc2ccc(F)c(C(F)(F)F)c2)cc1Cl. The molecule has 0 bridgehead atoms. The van der Waals surface area contributed by atoms with Crippen LogP contribution in [0.3, 0.4) is 0 Å². The second-order valence-electron chi connectivity index (χ2n) is 4.29. The molecule has 0 spiro atoms. The summed E-state index contributed by atoms with van der Waals surface area (Å²) < 4.78 is 63.8. The molecule has 0 aromatic heterocycles. The molecule has 0 aliphatic heterocycles. The zero-order valence-corrected chi connectivity index (χ0v) is 11.2. The van der Waals surface area contributed by atoms with Gasteiger partial charge in [-0.15, -0.1) is 0 Å². The van der Waals surface area contributed by atoms with Crippen molar-refractivity contribution in [2.75, 3.05) is 5.32 Å². The molecule has 0 aliphatic rings. The Balaban J connectivity index is 2.15. The third-order valence-electron chi connectivity index (χ3n) is 2.75. The molecule has 112 valence electrons. The highest BCUT2D eigenvalue weighted by Gasteiger charge is 2.34. The number of alkyl halides is 3. The first-order chi connectivity index (χ1) is 9.77. The summed E-state index contributed by atoms with van der Waals surface area (Å²) in [6.45, 7) is 0.128. The van der Waals surface area contributed by atoms with Gasteiger partial charge in [0, 0.05) is 12.2 Å². The molecular weight excluding hydrogens is 313 g/mol. The number of hydrogen-bond acceptors (Lipinski definition) is 1. The monoisotopic (exact) mass is 321 g/mol. The fourth-order valence-electron chi connectivity index (χ4n) is 1.71. The molecular formula is C14H9ClF5N. The molecule has 0 saturated heterocycles. The Morgan fingerprint density at radius 2 is 1.62 bits per heavy atom. The van der Waals surface area contributed by atoms with Crippen molar-refractivity contribution in [2.45, 2.75) is 12.7 Å². The minimum absolute atomic E-state index is 0.0793. The van der Waals surface area contributed by atoms with Gasteiger partial charge in [-0.25, -0.2) is 8.78 Å². The molecule has 0 amide bonds. The summed E-state index contributed by atoms with van der Waals surface area (Å²) in [5.74, 6) is -1.92. The van der Waals surface area contributed by atoms with Crippen molar-refractivity contribution in [3.8, 4) is 0 Å². The number of halogens is 6. The first-order valence-corrected chi connectivity index (χ1v) is 6.20. The van der Waals surface area contributed by atoms with Crippen LogP contribution in [0.5, 0.6) is 0 Å². The van der Waals surface area contributed by atoms with Crippen molar-refractivity contribution in [1.29, 1.82) is 0 Å². The van der Waals surface area contributed by atoms with Gasteiger partial charge in [0.2, 0.25) is 0 Å².